The fraction of sp³-hybridized carbons (Fsp3) is 0.500. The normalized spacial score (nSPS) is 19.4. The molecule has 2 saturated heterocycles. The Kier molecular flexibility index (Phi) is 5.46. The molecule has 0 bridgehead atoms. The van der Waals surface area contributed by atoms with E-state index in [0.29, 0.717) is 11.6 Å². The molecule has 7 heteroatoms. The van der Waals surface area contributed by atoms with Gasteiger partial charge in [-0.05, 0) is 17.7 Å². The molecular formula is C16H20ClN3O2S. The molecule has 3 rings (SSSR count). The Labute approximate surface area is 145 Å². The van der Waals surface area contributed by atoms with Crippen LogP contribution in [0.4, 0.5) is 0 Å². The van der Waals surface area contributed by atoms with E-state index in [0.717, 1.165) is 37.7 Å². The molecule has 2 heterocycles. The lowest BCUT2D eigenvalue weighted by Gasteiger charge is -2.35. The van der Waals surface area contributed by atoms with Gasteiger partial charge in [0, 0.05) is 37.7 Å². The van der Waals surface area contributed by atoms with E-state index in [2.05, 4.69) is 4.90 Å². The van der Waals surface area contributed by atoms with Crippen molar-refractivity contribution in [1.82, 2.24) is 14.7 Å². The Morgan fingerprint density at radius 3 is 2.43 bits per heavy atom. The first-order valence-corrected chi connectivity index (χ1v) is 9.25. The number of carbonyl (C=O) groups excluding carboxylic acids is 2. The summed E-state index contributed by atoms with van der Waals surface area (Å²) in [7, 11) is 0. The minimum Gasteiger partial charge on any atom is -0.339 e. The molecule has 2 aliphatic heterocycles. The molecule has 0 atom stereocenters. The molecule has 0 aliphatic carbocycles. The summed E-state index contributed by atoms with van der Waals surface area (Å²) in [6.07, 6.45) is 0. The second-order valence-corrected chi connectivity index (χ2v) is 7.24. The first-order valence-electron chi connectivity index (χ1n) is 7.72. The standard InChI is InChI=1S/C16H20ClN3O2S/c17-14-3-1-13(2-4-14)9-18-5-7-19(8-6-18)15(21)10-20-12-23-11-16(20)22/h1-4H,5-12H2. The molecule has 2 aliphatic rings. The van der Waals surface area contributed by atoms with Gasteiger partial charge in [-0.1, -0.05) is 23.7 Å². The van der Waals surface area contributed by atoms with Crippen LogP contribution in [0.25, 0.3) is 0 Å². The highest BCUT2D eigenvalue weighted by Crippen LogP contribution is 2.16. The third-order valence-corrected chi connectivity index (χ3v) is 5.39. The van der Waals surface area contributed by atoms with E-state index in [1.165, 1.54) is 5.56 Å². The van der Waals surface area contributed by atoms with Crippen molar-refractivity contribution in [3.05, 3.63) is 34.9 Å². The van der Waals surface area contributed by atoms with E-state index in [1.807, 2.05) is 29.2 Å². The van der Waals surface area contributed by atoms with Gasteiger partial charge in [0.2, 0.25) is 11.8 Å². The first kappa shape index (κ1) is 16.6. The van der Waals surface area contributed by atoms with Gasteiger partial charge in [0.05, 0.1) is 11.6 Å². The van der Waals surface area contributed by atoms with Crippen molar-refractivity contribution in [2.24, 2.45) is 0 Å². The van der Waals surface area contributed by atoms with Crippen LogP contribution in [0.15, 0.2) is 24.3 Å². The van der Waals surface area contributed by atoms with Gasteiger partial charge in [0.15, 0.2) is 0 Å². The molecule has 1 aromatic rings. The predicted molar refractivity (Wildman–Crippen MR) is 92.3 cm³/mol. The van der Waals surface area contributed by atoms with Crippen LogP contribution in [-0.2, 0) is 16.1 Å². The molecular weight excluding hydrogens is 334 g/mol. The van der Waals surface area contributed by atoms with Crippen LogP contribution < -0.4 is 0 Å². The molecule has 2 fully saturated rings. The number of halogens is 1. The summed E-state index contributed by atoms with van der Waals surface area (Å²) < 4.78 is 0. The highest BCUT2D eigenvalue weighted by Gasteiger charge is 2.27. The van der Waals surface area contributed by atoms with E-state index in [-0.39, 0.29) is 18.4 Å². The van der Waals surface area contributed by atoms with Crippen molar-refractivity contribution in [3.63, 3.8) is 0 Å². The molecule has 124 valence electrons. The smallest absolute Gasteiger partial charge is 0.242 e. The van der Waals surface area contributed by atoms with Crippen LogP contribution in [0.3, 0.4) is 0 Å². The third kappa shape index (κ3) is 4.40. The first-order chi connectivity index (χ1) is 11.1. The van der Waals surface area contributed by atoms with Crippen LogP contribution >= 0.6 is 23.4 Å². The van der Waals surface area contributed by atoms with Crippen molar-refractivity contribution in [2.45, 2.75) is 6.54 Å². The Morgan fingerprint density at radius 2 is 1.83 bits per heavy atom. The summed E-state index contributed by atoms with van der Waals surface area (Å²) >= 11 is 7.47. The van der Waals surface area contributed by atoms with Crippen LogP contribution in [-0.4, -0.2) is 70.9 Å². The zero-order chi connectivity index (χ0) is 16.2. The maximum Gasteiger partial charge on any atom is 0.242 e. The maximum atomic E-state index is 12.3. The second-order valence-electron chi connectivity index (χ2n) is 5.85. The Hall–Kier alpha value is -1.24. The number of thioether (sulfide) groups is 1. The van der Waals surface area contributed by atoms with E-state index >= 15 is 0 Å². The summed E-state index contributed by atoms with van der Waals surface area (Å²) in [6, 6.07) is 7.89. The molecule has 5 nitrogen and oxygen atoms in total. The SMILES string of the molecule is O=C(CN1CSCC1=O)N1CCN(Cc2ccc(Cl)cc2)CC1. The van der Waals surface area contributed by atoms with Gasteiger partial charge in [-0.15, -0.1) is 11.8 Å². The number of benzene rings is 1. The highest BCUT2D eigenvalue weighted by atomic mass is 35.5. The van der Waals surface area contributed by atoms with Crippen LogP contribution in [0.2, 0.25) is 5.02 Å². The zero-order valence-corrected chi connectivity index (χ0v) is 14.5. The van der Waals surface area contributed by atoms with E-state index < -0.39 is 0 Å². The minimum atomic E-state index is 0.0620. The molecule has 0 unspecified atom stereocenters. The summed E-state index contributed by atoms with van der Waals surface area (Å²) in [5.41, 5.74) is 1.23. The van der Waals surface area contributed by atoms with Crippen molar-refractivity contribution in [1.29, 1.82) is 0 Å². The number of hydrogen-bond donors (Lipinski definition) is 0. The van der Waals surface area contributed by atoms with Crippen LogP contribution in [0.5, 0.6) is 0 Å². The summed E-state index contributed by atoms with van der Waals surface area (Å²) in [4.78, 5) is 29.7. The number of piperazine rings is 1. The van der Waals surface area contributed by atoms with Gasteiger partial charge >= 0.3 is 0 Å². The van der Waals surface area contributed by atoms with E-state index in [1.54, 1.807) is 16.7 Å². The number of nitrogens with zero attached hydrogens (tertiary/aromatic N) is 3. The third-order valence-electron chi connectivity index (χ3n) is 4.20. The van der Waals surface area contributed by atoms with E-state index in [4.69, 9.17) is 11.6 Å². The van der Waals surface area contributed by atoms with E-state index in [9.17, 15) is 9.59 Å². The van der Waals surface area contributed by atoms with Gasteiger partial charge in [0.1, 0.15) is 6.54 Å². The van der Waals surface area contributed by atoms with Gasteiger partial charge in [0.25, 0.3) is 0 Å². The lowest BCUT2D eigenvalue weighted by Crippen LogP contribution is -2.51. The number of hydrogen-bond acceptors (Lipinski definition) is 4. The summed E-state index contributed by atoms with van der Waals surface area (Å²) in [6.45, 7) is 4.26. The molecule has 0 aromatic heterocycles. The Bertz CT molecular complexity index is 573. The average molecular weight is 354 g/mol. The minimum absolute atomic E-state index is 0.0620. The Balaban J connectivity index is 1.45. The van der Waals surface area contributed by atoms with Gasteiger partial charge in [-0.25, -0.2) is 0 Å². The lowest BCUT2D eigenvalue weighted by atomic mass is 10.2. The number of carbonyl (C=O) groups is 2. The molecule has 23 heavy (non-hydrogen) atoms. The summed E-state index contributed by atoms with van der Waals surface area (Å²) in [5.74, 6) is 1.28. The lowest BCUT2D eigenvalue weighted by molar-refractivity contribution is -0.139. The van der Waals surface area contributed by atoms with Crippen molar-refractivity contribution < 1.29 is 9.59 Å². The zero-order valence-electron chi connectivity index (χ0n) is 12.9. The second kappa shape index (κ2) is 7.55. The Morgan fingerprint density at radius 1 is 1.13 bits per heavy atom. The quantitative estimate of drug-likeness (QED) is 0.823. The molecule has 0 radical (unpaired) electrons. The molecule has 0 N–H and O–H groups in total. The molecule has 0 saturated carbocycles. The molecule has 0 spiro atoms. The number of rotatable bonds is 4. The topological polar surface area (TPSA) is 43.9 Å². The van der Waals surface area contributed by atoms with Gasteiger partial charge in [-0.2, -0.15) is 0 Å². The fourth-order valence-corrected chi connectivity index (χ4v) is 3.84. The van der Waals surface area contributed by atoms with Crippen LogP contribution in [0.1, 0.15) is 5.56 Å². The molecule has 1 aromatic carbocycles. The van der Waals surface area contributed by atoms with Crippen molar-refractivity contribution >= 4 is 35.2 Å². The summed E-state index contributed by atoms with van der Waals surface area (Å²) in [5, 5.41) is 0.749. The van der Waals surface area contributed by atoms with Crippen molar-refractivity contribution in [3.8, 4) is 0 Å². The van der Waals surface area contributed by atoms with Crippen molar-refractivity contribution in [2.75, 3.05) is 44.4 Å². The maximum absolute atomic E-state index is 12.3. The highest BCUT2D eigenvalue weighted by molar-refractivity contribution is 8.00. The van der Waals surface area contributed by atoms with Crippen LogP contribution in [0, 0.1) is 0 Å². The monoisotopic (exact) mass is 353 g/mol. The number of amides is 2. The predicted octanol–water partition coefficient (Wildman–Crippen LogP) is 1.52. The molecule has 2 amide bonds. The fourth-order valence-electron chi connectivity index (χ4n) is 2.81. The van der Waals surface area contributed by atoms with Gasteiger partial charge < -0.3 is 9.80 Å². The van der Waals surface area contributed by atoms with Gasteiger partial charge in [-0.3, -0.25) is 14.5 Å². The largest absolute Gasteiger partial charge is 0.339 e. The average Bonchev–Trinajstić information content (AvgIpc) is 2.95.